The van der Waals surface area contributed by atoms with Gasteiger partial charge in [0.05, 0.1) is 28.4 Å². The summed E-state index contributed by atoms with van der Waals surface area (Å²) in [5, 5.41) is 12.6. The van der Waals surface area contributed by atoms with Crippen LogP contribution in [0.1, 0.15) is 30.5 Å². The molecule has 1 fully saturated rings. The Balaban J connectivity index is 1.70. The SMILES string of the molecule is CCCOc1cccc(C2C(=C(O)c3ccc(Cl)cc3)C(=O)C(=O)N2c2nc3ccc(Cl)cc3s2)c1. The molecule has 1 amide bonds. The molecule has 1 saturated heterocycles. The topological polar surface area (TPSA) is 79.7 Å². The van der Waals surface area contributed by atoms with E-state index < -0.39 is 17.7 Å². The average molecular weight is 539 g/mol. The summed E-state index contributed by atoms with van der Waals surface area (Å²) in [5.74, 6) is -1.27. The lowest BCUT2D eigenvalue weighted by atomic mass is 9.95. The molecular formula is C27H20Cl2N2O4S. The van der Waals surface area contributed by atoms with Crippen molar-refractivity contribution in [1.82, 2.24) is 4.98 Å². The highest BCUT2D eigenvalue weighted by molar-refractivity contribution is 7.22. The molecule has 0 aliphatic carbocycles. The zero-order valence-corrected chi connectivity index (χ0v) is 21.4. The van der Waals surface area contributed by atoms with Crippen LogP contribution in [0.5, 0.6) is 5.75 Å². The number of carbonyl (C=O) groups is 2. The van der Waals surface area contributed by atoms with Gasteiger partial charge in [-0.3, -0.25) is 14.5 Å². The molecule has 1 N–H and O–H groups in total. The van der Waals surface area contributed by atoms with Gasteiger partial charge >= 0.3 is 5.91 Å². The lowest BCUT2D eigenvalue weighted by Crippen LogP contribution is -2.29. The molecule has 2 heterocycles. The van der Waals surface area contributed by atoms with Gasteiger partial charge in [-0.2, -0.15) is 0 Å². The number of thiazole rings is 1. The number of amides is 1. The maximum atomic E-state index is 13.4. The summed E-state index contributed by atoms with van der Waals surface area (Å²) >= 11 is 13.4. The first kappa shape index (κ1) is 24.3. The van der Waals surface area contributed by atoms with Crippen molar-refractivity contribution in [2.24, 2.45) is 0 Å². The van der Waals surface area contributed by atoms with E-state index in [1.807, 2.05) is 13.0 Å². The van der Waals surface area contributed by atoms with E-state index in [0.717, 1.165) is 11.1 Å². The summed E-state index contributed by atoms with van der Waals surface area (Å²) in [6.07, 6.45) is 0.827. The zero-order chi connectivity index (χ0) is 25.4. The van der Waals surface area contributed by atoms with Gasteiger partial charge in [0.15, 0.2) is 5.13 Å². The Morgan fingerprint density at radius 3 is 2.56 bits per heavy atom. The third-order valence-electron chi connectivity index (χ3n) is 5.75. The first-order valence-electron chi connectivity index (χ1n) is 11.2. The number of Topliss-reactive ketones (excluding diaryl/α,β-unsaturated/α-hetero) is 1. The van der Waals surface area contributed by atoms with E-state index in [-0.39, 0.29) is 11.3 Å². The van der Waals surface area contributed by atoms with Crippen LogP contribution < -0.4 is 9.64 Å². The Kier molecular flexibility index (Phi) is 6.71. The van der Waals surface area contributed by atoms with Gasteiger partial charge in [-0.1, -0.05) is 53.6 Å². The van der Waals surface area contributed by atoms with E-state index in [0.29, 0.717) is 44.2 Å². The maximum absolute atomic E-state index is 13.4. The molecule has 0 bridgehead atoms. The number of nitrogens with zero attached hydrogens (tertiary/aromatic N) is 2. The molecule has 1 aliphatic rings. The van der Waals surface area contributed by atoms with Crippen LogP contribution in [0, 0.1) is 0 Å². The fraction of sp³-hybridized carbons (Fsp3) is 0.148. The van der Waals surface area contributed by atoms with Crippen LogP contribution >= 0.6 is 34.5 Å². The van der Waals surface area contributed by atoms with Gasteiger partial charge < -0.3 is 9.84 Å². The molecule has 0 saturated carbocycles. The van der Waals surface area contributed by atoms with Gasteiger partial charge in [0.25, 0.3) is 5.78 Å². The normalized spacial score (nSPS) is 17.2. The van der Waals surface area contributed by atoms with Gasteiger partial charge in [0.1, 0.15) is 11.5 Å². The molecule has 6 nitrogen and oxygen atoms in total. The predicted molar refractivity (Wildman–Crippen MR) is 143 cm³/mol. The Morgan fingerprint density at radius 2 is 1.81 bits per heavy atom. The standard InChI is InChI=1S/C27H20Cl2N2O4S/c1-2-12-35-19-5-3-4-16(13-19)23-22(24(32)15-6-8-17(28)9-7-15)25(33)26(34)31(23)27-30-20-11-10-18(29)14-21(20)36-27/h3-11,13-14,23,32H,2,12H2,1H3. The van der Waals surface area contributed by atoms with E-state index in [1.54, 1.807) is 60.7 Å². The minimum Gasteiger partial charge on any atom is -0.507 e. The fourth-order valence-corrected chi connectivity index (χ4v) is 5.49. The number of hydrogen-bond acceptors (Lipinski definition) is 6. The minimum atomic E-state index is -0.915. The number of rotatable bonds is 6. The van der Waals surface area contributed by atoms with E-state index >= 15 is 0 Å². The summed E-state index contributed by atoms with van der Waals surface area (Å²) in [6, 6.07) is 17.9. The number of anilines is 1. The zero-order valence-electron chi connectivity index (χ0n) is 19.1. The molecule has 9 heteroatoms. The number of fused-ring (bicyclic) bond motifs is 1. The summed E-state index contributed by atoms with van der Waals surface area (Å²) in [4.78, 5) is 32.7. The second-order valence-electron chi connectivity index (χ2n) is 8.21. The number of halogens is 2. The van der Waals surface area contributed by atoms with Crippen molar-refractivity contribution in [3.63, 3.8) is 0 Å². The Hall–Kier alpha value is -3.39. The third kappa shape index (κ3) is 4.46. The smallest absolute Gasteiger partial charge is 0.301 e. The number of benzene rings is 3. The number of ether oxygens (including phenoxy) is 1. The van der Waals surface area contributed by atoms with Crippen molar-refractivity contribution < 1.29 is 19.4 Å². The highest BCUT2D eigenvalue weighted by Gasteiger charge is 2.48. The molecule has 1 unspecified atom stereocenters. The monoisotopic (exact) mass is 538 g/mol. The molecule has 1 aromatic heterocycles. The molecular weight excluding hydrogens is 519 g/mol. The molecule has 5 rings (SSSR count). The van der Waals surface area contributed by atoms with Crippen LogP contribution in [0.25, 0.3) is 16.0 Å². The van der Waals surface area contributed by atoms with Crippen LogP contribution in [0.3, 0.4) is 0 Å². The molecule has 1 atom stereocenters. The van der Waals surface area contributed by atoms with Crippen LogP contribution in [0.4, 0.5) is 5.13 Å². The van der Waals surface area contributed by atoms with E-state index in [2.05, 4.69) is 4.98 Å². The van der Waals surface area contributed by atoms with Crippen molar-refractivity contribution in [2.75, 3.05) is 11.5 Å². The Morgan fingerprint density at radius 1 is 1.06 bits per heavy atom. The molecule has 4 aromatic rings. The van der Waals surface area contributed by atoms with Gasteiger partial charge in [-0.25, -0.2) is 4.98 Å². The highest BCUT2D eigenvalue weighted by Crippen LogP contribution is 2.45. The van der Waals surface area contributed by atoms with Crippen LogP contribution in [-0.4, -0.2) is 28.4 Å². The van der Waals surface area contributed by atoms with Gasteiger partial charge in [0.2, 0.25) is 0 Å². The van der Waals surface area contributed by atoms with E-state index in [4.69, 9.17) is 27.9 Å². The van der Waals surface area contributed by atoms with Crippen LogP contribution in [0.15, 0.2) is 72.3 Å². The number of carbonyl (C=O) groups excluding carboxylic acids is 2. The Labute approximate surface area is 221 Å². The minimum absolute atomic E-state index is 0.0350. The largest absolute Gasteiger partial charge is 0.507 e. The maximum Gasteiger partial charge on any atom is 0.301 e. The number of hydrogen-bond donors (Lipinski definition) is 1. The first-order valence-corrected chi connectivity index (χ1v) is 12.8. The van der Waals surface area contributed by atoms with Gasteiger partial charge in [-0.05, 0) is 66.6 Å². The summed E-state index contributed by atoms with van der Waals surface area (Å²) in [5.41, 5.74) is 1.59. The van der Waals surface area contributed by atoms with Gasteiger partial charge in [0, 0.05) is 15.6 Å². The van der Waals surface area contributed by atoms with E-state index in [9.17, 15) is 14.7 Å². The third-order valence-corrected chi connectivity index (χ3v) is 7.26. The molecule has 0 spiro atoms. The number of aliphatic hydroxyl groups is 1. The Bertz CT molecular complexity index is 1510. The first-order chi connectivity index (χ1) is 17.4. The summed E-state index contributed by atoms with van der Waals surface area (Å²) in [7, 11) is 0. The second-order valence-corrected chi connectivity index (χ2v) is 10.1. The number of aromatic nitrogens is 1. The van der Waals surface area contributed by atoms with Gasteiger partial charge in [-0.15, -0.1) is 0 Å². The lowest BCUT2D eigenvalue weighted by molar-refractivity contribution is -0.132. The van der Waals surface area contributed by atoms with E-state index in [1.165, 1.54) is 16.2 Å². The number of aliphatic hydroxyl groups excluding tert-OH is 1. The molecule has 36 heavy (non-hydrogen) atoms. The van der Waals surface area contributed by atoms with Crippen molar-refractivity contribution in [3.05, 3.63) is 93.5 Å². The fourth-order valence-electron chi connectivity index (χ4n) is 4.09. The number of ketones is 1. The average Bonchev–Trinajstić information content (AvgIpc) is 3.40. The quantitative estimate of drug-likeness (QED) is 0.162. The second kappa shape index (κ2) is 9.93. The summed E-state index contributed by atoms with van der Waals surface area (Å²) in [6.45, 7) is 2.53. The molecule has 3 aromatic carbocycles. The van der Waals surface area contributed by atoms with Crippen molar-refractivity contribution >= 4 is 67.3 Å². The van der Waals surface area contributed by atoms with Crippen molar-refractivity contribution in [3.8, 4) is 5.75 Å². The van der Waals surface area contributed by atoms with Crippen molar-refractivity contribution in [2.45, 2.75) is 19.4 Å². The van der Waals surface area contributed by atoms with Crippen LogP contribution in [-0.2, 0) is 9.59 Å². The van der Waals surface area contributed by atoms with Crippen molar-refractivity contribution in [1.29, 1.82) is 0 Å². The highest BCUT2D eigenvalue weighted by atomic mass is 35.5. The molecule has 0 radical (unpaired) electrons. The molecule has 1 aliphatic heterocycles. The van der Waals surface area contributed by atoms with Crippen LogP contribution in [0.2, 0.25) is 10.0 Å². The predicted octanol–water partition coefficient (Wildman–Crippen LogP) is 7.02. The molecule has 182 valence electrons. The lowest BCUT2D eigenvalue weighted by Gasteiger charge is -2.23. The summed E-state index contributed by atoms with van der Waals surface area (Å²) < 4.78 is 6.57.